The van der Waals surface area contributed by atoms with Crippen molar-refractivity contribution in [3.63, 3.8) is 0 Å². The number of rotatable bonds is 6. The second-order valence-electron chi connectivity index (χ2n) is 5.57. The predicted octanol–water partition coefficient (Wildman–Crippen LogP) is 3.11. The third-order valence-electron chi connectivity index (χ3n) is 3.51. The molecule has 2 rings (SSSR count). The van der Waals surface area contributed by atoms with E-state index in [1.54, 1.807) is 0 Å². The monoisotopic (exact) mass is 269 g/mol. The molecule has 2 N–H and O–H groups in total. The van der Waals surface area contributed by atoms with Crippen LogP contribution in [0.5, 0.6) is 0 Å². The Morgan fingerprint density at radius 1 is 0.950 bits per heavy atom. The first kappa shape index (κ1) is 14.8. The molecule has 0 heterocycles. The van der Waals surface area contributed by atoms with E-state index in [1.807, 2.05) is 36.4 Å². The molecule has 0 aromatic heterocycles. The Morgan fingerprint density at radius 3 is 2.00 bits per heavy atom. The maximum atomic E-state index is 10.1. The lowest BCUT2D eigenvalue weighted by atomic mass is 9.83. The highest BCUT2D eigenvalue weighted by Gasteiger charge is 2.32. The normalized spacial score (nSPS) is 14.2. The van der Waals surface area contributed by atoms with Crippen molar-refractivity contribution in [2.45, 2.75) is 31.8 Å². The Balaban J connectivity index is 2.37. The fourth-order valence-electron chi connectivity index (χ4n) is 2.68. The largest absolute Gasteiger partial charge is 0.394 e. The lowest BCUT2D eigenvalue weighted by Gasteiger charge is -2.36. The van der Waals surface area contributed by atoms with E-state index >= 15 is 0 Å². The van der Waals surface area contributed by atoms with Crippen molar-refractivity contribution in [2.24, 2.45) is 0 Å². The van der Waals surface area contributed by atoms with Crippen LogP contribution in [0.1, 0.15) is 25.0 Å². The molecule has 0 saturated heterocycles. The van der Waals surface area contributed by atoms with Gasteiger partial charge in [0.25, 0.3) is 0 Å². The molecule has 2 aromatic carbocycles. The molecular weight excluding hydrogens is 246 g/mol. The minimum absolute atomic E-state index is 0.0735. The van der Waals surface area contributed by atoms with Crippen molar-refractivity contribution in [1.82, 2.24) is 5.32 Å². The van der Waals surface area contributed by atoms with E-state index in [0.717, 1.165) is 12.0 Å². The van der Waals surface area contributed by atoms with Gasteiger partial charge in [-0.2, -0.15) is 0 Å². The SMILES string of the molecule is CC(C)NC(CO)(Cc1ccccc1)c1ccccc1. The van der Waals surface area contributed by atoms with Gasteiger partial charge in [0.2, 0.25) is 0 Å². The molecule has 0 amide bonds. The summed E-state index contributed by atoms with van der Waals surface area (Å²) in [5, 5.41) is 13.6. The summed E-state index contributed by atoms with van der Waals surface area (Å²) in [7, 11) is 0. The van der Waals surface area contributed by atoms with Gasteiger partial charge in [0.05, 0.1) is 12.1 Å². The van der Waals surface area contributed by atoms with Crippen LogP contribution in [-0.4, -0.2) is 17.8 Å². The topological polar surface area (TPSA) is 32.3 Å². The van der Waals surface area contributed by atoms with E-state index in [4.69, 9.17) is 0 Å². The first-order valence-electron chi connectivity index (χ1n) is 7.14. The van der Waals surface area contributed by atoms with Gasteiger partial charge < -0.3 is 10.4 Å². The summed E-state index contributed by atoms with van der Waals surface area (Å²) in [6.07, 6.45) is 0.770. The Kier molecular flexibility index (Phi) is 4.94. The number of benzene rings is 2. The molecule has 20 heavy (non-hydrogen) atoms. The third kappa shape index (κ3) is 3.47. The van der Waals surface area contributed by atoms with Crippen LogP contribution in [0.25, 0.3) is 0 Å². The average Bonchev–Trinajstić information content (AvgIpc) is 2.48. The second-order valence-corrected chi connectivity index (χ2v) is 5.57. The first-order valence-corrected chi connectivity index (χ1v) is 7.14. The van der Waals surface area contributed by atoms with Crippen LogP contribution in [-0.2, 0) is 12.0 Å². The van der Waals surface area contributed by atoms with Gasteiger partial charge in [-0.15, -0.1) is 0 Å². The Bertz CT molecular complexity index is 509. The summed E-state index contributed by atoms with van der Waals surface area (Å²) < 4.78 is 0. The zero-order valence-corrected chi connectivity index (χ0v) is 12.2. The summed E-state index contributed by atoms with van der Waals surface area (Å²) in [4.78, 5) is 0. The highest BCUT2D eigenvalue weighted by atomic mass is 16.3. The minimum atomic E-state index is -0.434. The van der Waals surface area contributed by atoms with Gasteiger partial charge in [-0.25, -0.2) is 0 Å². The molecule has 0 aliphatic carbocycles. The number of aliphatic hydroxyl groups excluding tert-OH is 1. The molecule has 2 aromatic rings. The van der Waals surface area contributed by atoms with E-state index in [0.29, 0.717) is 6.04 Å². The van der Waals surface area contributed by atoms with Crippen LogP contribution < -0.4 is 5.32 Å². The maximum Gasteiger partial charge on any atom is 0.0711 e. The molecule has 0 spiro atoms. The summed E-state index contributed by atoms with van der Waals surface area (Å²) >= 11 is 0. The van der Waals surface area contributed by atoms with Crippen molar-refractivity contribution >= 4 is 0 Å². The average molecular weight is 269 g/mol. The van der Waals surface area contributed by atoms with Gasteiger partial charge in [-0.3, -0.25) is 0 Å². The van der Waals surface area contributed by atoms with E-state index in [1.165, 1.54) is 5.56 Å². The van der Waals surface area contributed by atoms with Gasteiger partial charge in [0.15, 0.2) is 0 Å². The predicted molar refractivity (Wildman–Crippen MR) is 83.6 cm³/mol. The quantitative estimate of drug-likeness (QED) is 0.844. The number of nitrogens with one attached hydrogen (secondary N) is 1. The molecule has 106 valence electrons. The molecule has 1 unspecified atom stereocenters. The second kappa shape index (κ2) is 6.69. The number of aliphatic hydroxyl groups is 1. The standard InChI is InChI=1S/C18H23NO/c1-15(2)19-18(14-20,17-11-7-4-8-12-17)13-16-9-5-3-6-10-16/h3-12,15,19-20H,13-14H2,1-2H3. The molecule has 0 fully saturated rings. The van der Waals surface area contributed by atoms with Crippen molar-refractivity contribution < 1.29 is 5.11 Å². The van der Waals surface area contributed by atoms with E-state index in [2.05, 4.69) is 43.4 Å². The summed E-state index contributed by atoms with van der Waals surface area (Å²) in [5.41, 5.74) is 1.91. The van der Waals surface area contributed by atoms with E-state index < -0.39 is 5.54 Å². The van der Waals surface area contributed by atoms with Gasteiger partial charge >= 0.3 is 0 Å². The third-order valence-corrected chi connectivity index (χ3v) is 3.51. The highest BCUT2D eigenvalue weighted by Crippen LogP contribution is 2.26. The summed E-state index contributed by atoms with van der Waals surface area (Å²) in [6, 6.07) is 20.8. The van der Waals surface area contributed by atoms with Crippen LogP contribution in [0.3, 0.4) is 0 Å². The molecule has 2 nitrogen and oxygen atoms in total. The van der Waals surface area contributed by atoms with Crippen LogP contribution in [0.4, 0.5) is 0 Å². The Labute approximate surface area is 121 Å². The summed E-state index contributed by atoms with van der Waals surface area (Å²) in [5.74, 6) is 0. The molecule has 0 bridgehead atoms. The van der Waals surface area contributed by atoms with Crippen LogP contribution >= 0.6 is 0 Å². The fraction of sp³-hybridized carbons (Fsp3) is 0.333. The Hall–Kier alpha value is -1.64. The number of hydrogen-bond donors (Lipinski definition) is 2. The molecular formula is C18H23NO. The van der Waals surface area contributed by atoms with Crippen LogP contribution in [0.15, 0.2) is 60.7 Å². The van der Waals surface area contributed by atoms with Crippen molar-refractivity contribution in [3.8, 4) is 0 Å². The highest BCUT2D eigenvalue weighted by molar-refractivity contribution is 5.29. The lowest BCUT2D eigenvalue weighted by Crippen LogP contribution is -2.50. The van der Waals surface area contributed by atoms with Gasteiger partial charge in [-0.05, 0) is 31.4 Å². The van der Waals surface area contributed by atoms with Crippen molar-refractivity contribution in [3.05, 3.63) is 71.8 Å². The van der Waals surface area contributed by atoms with E-state index in [9.17, 15) is 5.11 Å². The van der Waals surface area contributed by atoms with Gasteiger partial charge in [-0.1, -0.05) is 60.7 Å². The minimum Gasteiger partial charge on any atom is -0.394 e. The van der Waals surface area contributed by atoms with Gasteiger partial charge in [0, 0.05) is 6.04 Å². The Morgan fingerprint density at radius 2 is 1.50 bits per heavy atom. The molecule has 2 heteroatoms. The zero-order chi connectivity index (χ0) is 14.4. The first-order chi connectivity index (χ1) is 9.66. The van der Waals surface area contributed by atoms with Crippen molar-refractivity contribution in [1.29, 1.82) is 0 Å². The number of hydrogen-bond acceptors (Lipinski definition) is 2. The van der Waals surface area contributed by atoms with Gasteiger partial charge in [0.1, 0.15) is 0 Å². The zero-order valence-electron chi connectivity index (χ0n) is 12.2. The maximum absolute atomic E-state index is 10.1. The van der Waals surface area contributed by atoms with E-state index in [-0.39, 0.29) is 6.61 Å². The molecule has 0 aliphatic rings. The van der Waals surface area contributed by atoms with Crippen LogP contribution in [0.2, 0.25) is 0 Å². The van der Waals surface area contributed by atoms with Crippen LogP contribution in [0, 0.1) is 0 Å². The molecule has 0 aliphatic heterocycles. The van der Waals surface area contributed by atoms with Crippen molar-refractivity contribution in [2.75, 3.05) is 6.61 Å². The smallest absolute Gasteiger partial charge is 0.0711 e. The molecule has 1 atom stereocenters. The lowest BCUT2D eigenvalue weighted by molar-refractivity contribution is 0.150. The summed E-state index contributed by atoms with van der Waals surface area (Å²) in [6.45, 7) is 4.29. The molecule has 0 radical (unpaired) electrons. The molecule has 0 saturated carbocycles. The fourth-order valence-corrected chi connectivity index (χ4v) is 2.68.